The summed E-state index contributed by atoms with van der Waals surface area (Å²) in [5.74, 6) is 0.617. The Morgan fingerprint density at radius 2 is 1.75 bits per heavy atom. The maximum atomic E-state index is 13.0. The van der Waals surface area contributed by atoms with Crippen LogP contribution in [-0.2, 0) is 4.79 Å². The lowest BCUT2D eigenvalue weighted by Gasteiger charge is -2.19. The van der Waals surface area contributed by atoms with Gasteiger partial charge in [0.25, 0.3) is 0 Å². The van der Waals surface area contributed by atoms with Crippen LogP contribution in [0.25, 0.3) is 0 Å². The molecular formula is C20H19ClFNO. The third kappa shape index (κ3) is 3.32. The number of amides is 1. The van der Waals surface area contributed by atoms with Crippen molar-refractivity contribution >= 4 is 17.5 Å². The Balaban J connectivity index is 1.43. The highest BCUT2D eigenvalue weighted by atomic mass is 35.5. The van der Waals surface area contributed by atoms with Crippen LogP contribution in [0.15, 0.2) is 48.5 Å². The van der Waals surface area contributed by atoms with Gasteiger partial charge in [0.05, 0.1) is 6.04 Å². The summed E-state index contributed by atoms with van der Waals surface area (Å²) in [6.45, 7) is 0. The van der Waals surface area contributed by atoms with E-state index in [0.717, 1.165) is 30.4 Å². The molecule has 3 atom stereocenters. The zero-order valence-corrected chi connectivity index (χ0v) is 14.0. The van der Waals surface area contributed by atoms with Gasteiger partial charge in [-0.25, -0.2) is 4.39 Å². The molecule has 0 heterocycles. The number of nitrogens with one attached hydrogen (secondary N) is 1. The number of rotatable bonds is 5. The van der Waals surface area contributed by atoms with Crippen LogP contribution in [0, 0.1) is 17.7 Å². The first-order valence-electron chi connectivity index (χ1n) is 8.43. The molecule has 2 aliphatic rings. The summed E-state index contributed by atoms with van der Waals surface area (Å²) in [5, 5.41) is 3.94. The lowest BCUT2D eigenvalue weighted by molar-refractivity contribution is -0.123. The summed E-state index contributed by atoms with van der Waals surface area (Å²) < 4.78 is 13.0. The first-order valence-corrected chi connectivity index (χ1v) is 8.81. The molecule has 4 rings (SSSR count). The highest BCUT2D eigenvalue weighted by molar-refractivity contribution is 6.30. The van der Waals surface area contributed by atoms with Gasteiger partial charge in [-0.05, 0) is 66.5 Å². The fourth-order valence-electron chi connectivity index (χ4n) is 3.40. The predicted molar refractivity (Wildman–Crippen MR) is 92.3 cm³/mol. The molecule has 0 spiro atoms. The van der Waals surface area contributed by atoms with Crippen LogP contribution in [0.3, 0.4) is 0 Å². The van der Waals surface area contributed by atoms with Crippen LogP contribution < -0.4 is 5.32 Å². The van der Waals surface area contributed by atoms with Gasteiger partial charge in [0, 0.05) is 10.9 Å². The molecule has 0 aromatic heterocycles. The van der Waals surface area contributed by atoms with Crippen LogP contribution in [0.2, 0.25) is 5.02 Å². The van der Waals surface area contributed by atoms with Gasteiger partial charge in [-0.15, -0.1) is 0 Å². The smallest absolute Gasteiger partial charge is 0.224 e. The Morgan fingerprint density at radius 1 is 1.08 bits per heavy atom. The maximum absolute atomic E-state index is 13.0. The Labute approximate surface area is 146 Å². The fourth-order valence-corrected chi connectivity index (χ4v) is 3.52. The minimum atomic E-state index is -0.239. The lowest BCUT2D eigenvalue weighted by Crippen LogP contribution is -2.31. The number of hydrogen-bond donors (Lipinski definition) is 1. The third-order valence-corrected chi connectivity index (χ3v) is 5.30. The van der Waals surface area contributed by atoms with Crippen molar-refractivity contribution in [3.8, 4) is 0 Å². The van der Waals surface area contributed by atoms with Crippen molar-refractivity contribution in [2.45, 2.75) is 31.2 Å². The van der Waals surface area contributed by atoms with E-state index >= 15 is 0 Å². The van der Waals surface area contributed by atoms with Gasteiger partial charge >= 0.3 is 0 Å². The Hall–Kier alpha value is -1.87. The van der Waals surface area contributed by atoms with Gasteiger partial charge in [-0.1, -0.05) is 35.9 Å². The molecule has 2 saturated carbocycles. The van der Waals surface area contributed by atoms with Crippen molar-refractivity contribution in [1.29, 1.82) is 0 Å². The molecule has 1 N–H and O–H groups in total. The molecule has 24 heavy (non-hydrogen) atoms. The van der Waals surface area contributed by atoms with E-state index in [-0.39, 0.29) is 29.6 Å². The molecular weight excluding hydrogens is 325 g/mol. The molecule has 124 valence electrons. The minimum absolute atomic E-state index is 0.00371. The van der Waals surface area contributed by atoms with Crippen LogP contribution in [0.1, 0.15) is 42.3 Å². The molecule has 0 saturated heterocycles. The van der Waals surface area contributed by atoms with E-state index in [4.69, 9.17) is 11.6 Å². The summed E-state index contributed by atoms with van der Waals surface area (Å²) >= 11 is 5.96. The quantitative estimate of drug-likeness (QED) is 0.826. The number of benzene rings is 2. The molecule has 4 heteroatoms. The fraction of sp³-hybridized carbons (Fsp3) is 0.350. The zero-order chi connectivity index (χ0) is 16.7. The first kappa shape index (κ1) is 15.6. The van der Waals surface area contributed by atoms with Crippen LogP contribution in [-0.4, -0.2) is 5.91 Å². The standard InChI is InChI=1S/C20H19ClFNO/c21-15-7-3-14(4-8-15)19(13-1-2-13)23-20(24)18-11-17(18)12-5-9-16(22)10-6-12/h3-10,13,17-19H,1-2,11H2,(H,23,24). The van der Waals surface area contributed by atoms with Crippen LogP contribution in [0.4, 0.5) is 4.39 Å². The van der Waals surface area contributed by atoms with Crippen molar-refractivity contribution in [2.24, 2.45) is 11.8 Å². The van der Waals surface area contributed by atoms with Gasteiger partial charge < -0.3 is 5.32 Å². The molecule has 3 unspecified atom stereocenters. The van der Waals surface area contributed by atoms with Crippen LogP contribution in [0.5, 0.6) is 0 Å². The Morgan fingerprint density at radius 3 is 2.38 bits per heavy atom. The summed E-state index contributed by atoms with van der Waals surface area (Å²) in [6, 6.07) is 14.3. The van der Waals surface area contributed by atoms with Gasteiger partial charge in [0.15, 0.2) is 0 Å². The zero-order valence-electron chi connectivity index (χ0n) is 13.2. The second-order valence-corrected chi connectivity index (χ2v) is 7.31. The van der Waals surface area contributed by atoms with E-state index in [0.29, 0.717) is 10.9 Å². The van der Waals surface area contributed by atoms with Crippen molar-refractivity contribution in [3.05, 3.63) is 70.5 Å². The van der Waals surface area contributed by atoms with Gasteiger partial charge in [0.1, 0.15) is 5.82 Å². The number of halogens is 2. The molecule has 2 aliphatic carbocycles. The third-order valence-electron chi connectivity index (χ3n) is 5.05. The maximum Gasteiger partial charge on any atom is 0.224 e. The van der Waals surface area contributed by atoms with E-state index in [1.165, 1.54) is 12.1 Å². The minimum Gasteiger partial charge on any atom is -0.349 e. The van der Waals surface area contributed by atoms with E-state index in [1.807, 2.05) is 24.3 Å². The van der Waals surface area contributed by atoms with E-state index in [1.54, 1.807) is 12.1 Å². The molecule has 2 aromatic rings. The van der Waals surface area contributed by atoms with Crippen molar-refractivity contribution in [2.75, 3.05) is 0 Å². The average molecular weight is 344 g/mol. The monoisotopic (exact) mass is 343 g/mol. The summed E-state index contributed by atoms with van der Waals surface area (Å²) in [4.78, 5) is 12.6. The first-order chi connectivity index (χ1) is 11.6. The molecule has 2 nitrogen and oxygen atoms in total. The lowest BCUT2D eigenvalue weighted by atomic mass is 10.0. The topological polar surface area (TPSA) is 29.1 Å². The van der Waals surface area contributed by atoms with Gasteiger partial charge in [0.2, 0.25) is 5.91 Å². The van der Waals surface area contributed by atoms with Gasteiger partial charge in [-0.3, -0.25) is 4.79 Å². The van der Waals surface area contributed by atoms with E-state index in [9.17, 15) is 9.18 Å². The molecule has 0 radical (unpaired) electrons. The van der Waals surface area contributed by atoms with E-state index < -0.39 is 0 Å². The normalized spacial score (nSPS) is 23.6. The molecule has 0 bridgehead atoms. The summed E-state index contributed by atoms with van der Waals surface area (Å²) in [6.07, 6.45) is 3.15. The average Bonchev–Trinajstić information content (AvgIpc) is 3.47. The van der Waals surface area contributed by atoms with Crippen molar-refractivity contribution in [3.63, 3.8) is 0 Å². The second-order valence-electron chi connectivity index (χ2n) is 6.88. The van der Waals surface area contributed by atoms with Crippen LogP contribution >= 0.6 is 11.6 Å². The largest absolute Gasteiger partial charge is 0.349 e. The number of carbonyl (C=O) groups is 1. The Kier molecular flexibility index (Phi) is 4.05. The SMILES string of the molecule is O=C(NC(c1ccc(Cl)cc1)C1CC1)C1CC1c1ccc(F)cc1. The van der Waals surface area contributed by atoms with E-state index in [2.05, 4.69) is 5.32 Å². The number of hydrogen-bond acceptors (Lipinski definition) is 1. The summed E-state index contributed by atoms with van der Waals surface area (Å²) in [5.41, 5.74) is 2.17. The van der Waals surface area contributed by atoms with Crippen molar-refractivity contribution in [1.82, 2.24) is 5.32 Å². The summed E-state index contributed by atoms with van der Waals surface area (Å²) in [7, 11) is 0. The predicted octanol–water partition coefficient (Wildman–Crippen LogP) is 4.85. The molecule has 1 amide bonds. The molecule has 2 fully saturated rings. The van der Waals surface area contributed by atoms with Crippen molar-refractivity contribution < 1.29 is 9.18 Å². The number of carbonyl (C=O) groups excluding carboxylic acids is 1. The highest BCUT2D eigenvalue weighted by Gasteiger charge is 2.45. The molecule has 2 aromatic carbocycles. The van der Waals surface area contributed by atoms with Gasteiger partial charge in [-0.2, -0.15) is 0 Å². The molecule has 0 aliphatic heterocycles. The Bertz CT molecular complexity index is 739. The highest BCUT2D eigenvalue weighted by Crippen LogP contribution is 2.49. The second kappa shape index (κ2) is 6.21.